The molecule has 0 radical (unpaired) electrons. The largest absolute Gasteiger partial charge is 0.370 e. The summed E-state index contributed by atoms with van der Waals surface area (Å²) in [7, 11) is 0. The first-order valence-corrected chi connectivity index (χ1v) is 9.71. The van der Waals surface area contributed by atoms with Gasteiger partial charge in [-0.15, -0.1) is 24.0 Å². The zero-order valence-electron chi connectivity index (χ0n) is 17.1. The molecular formula is C19H35IN6O. The van der Waals surface area contributed by atoms with Crippen molar-refractivity contribution in [3.63, 3.8) is 0 Å². The molecule has 2 atom stereocenters. The third-order valence-electron chi connectivity index (χ3n) is 4.78. The van der Waals surface area contributed by atoms with Gasteiger partial charge in [-0.05, 0) is 51.5 Å². The Bertz CT molecular complexity index is 630. The van der Waals surface area contributed by atoms with E-state index < -0.39 is 0 Å². The van der Waals surface area contributed by atoms with E-state index in [1.54, 1.807) is 0 Å². The fraction of sp³-hybridized carbons (Fsp3) is 0.737. The van der Waals surface area contributed by atoms with E-state index in [0.29, 0.717) is 18.3 Å². The number of aromatic nitrogens is 2. The van der Waals surface area contributed by atoms with Crippen molar-refractivity contribution in [2.75, 3.05) is 26.2 Å². The molecule has 1 aliphatic rings. The van der Waals surface area contributed by atoms with Crippen molar-refractivity contribution in [3.05, 3.63) is 17.5 Å². The topological polar surface area (TPSA) is 88.5 Å². The molecule has 0 aliphatic carbocycles. The molecule has 2 rings (SSSR count). The molecule has 1 aromatic heterocycles. The van der Waals surface area contributed by atoms with Gasteiger partial charge in [0.25, 0.3) is 0 Å². The molecule has 0 aromatic carbocycles. The van der Waals surface area contributed by atoms with Crippen LogP contribution in [0.4, 0.5) is 0 Å². The Morgan fingerprint density at radius 3 is 2.81 bits per heavy atom. The minimum absolute atomic E-state index is 0. The van der Waals surface area contributed by atoms with Crippen LogP contribution < -0.4 is 11.1 Å². The lowest BCUT2D eigenvalue weighted by Gasteiger charge is -2.34. The summed E-state index contributed by atoms with van der Waals surface area (Å²) >= 11 is 0. The quantitative estimate of drug-likeness (QED) is 0.349. The van der Waals surface area contributed by atoms with E-state index >= 15 is 0 Å². The lowest BCUT2D eigenvalue weighted by Crippen LogP contribution is -2.47. The first-order valence-electron chi connectivity index (χ1n) is 9.71. The van der Waals surface area contributed by atoms with E-state index in [-0.39, 0.29) is 29.9 Å². The molecule has 7 nitrogen and oxygen atoms in total. The minimum atomic E-state index is -0.211. The highest BCUT2D eigenvalue weighted by molar-refractivity contribution is 14.0. The number of aryl methyl sites for hydroxylation is 2. The molecule has 3 N–H and O–H groups in total. The van der Waals surface area contributed by atoms with Gasteiger partial charge >= 0.3 is 0 Å². The number of amides is 1. The van der Waals surface area contributed by atoms with Crippen molar-refractivity contribution in [2.24, 2.45) is 22.6 Å². The summed E-state index contributed by atoms with van der Waals surface area (Å²) in [5.74, 6) is 1.46. The van der Waals surface area contributed by atoms with Crippen molar-refractivity contribution in [2.45, 2.75) is 53.5 Å². The Balaban J connectivity index is 0.00000364. The maximum Gasteiger partial charge on any atom is 0.217 e. The maximum absolute atomic E-state index is 11.2. The first kappa shape index (κ1) is 23.7. The fourth-order valence-corrected chi connectivity index (χ4v) is 3.59. The van der Waals surface area contributed by atoms with Crippen LogP contribution in [-0.4, -0.2) is 52.7 Å². The summed E-state index contributed by atoms with van der Waals surface area (Å²) in [5, 5.41) is 7.94. The normalized spacial score (nSPS) is 18.7. The van der Waals surface area contributed by atoms with Crippen molar-refractivity contribution in [3.8, 4) is 0 Å². The predicted octanol–water partition coefficient (Wildman–Crippen LogP) is 2.31. The van der Waals surface area contributed by atoms with Crippen molar-refractivity contribution >= 4 is 35.8 Å². The highest BCUT2D eigenvalue weighted by Crippen LogP contribution is 2.19. The number of likely N-dealkylation sites (tertiary alicyclic amines) is 1. The number of carbonyl (C=O) groups excluding carboxylic acids is 1. The predicted molar refractivity (Wildman–Crippen MR) is 120 cm³/mol. The van der Waals surface area contributed by atoms with Crippen molar-refractivity contribution in [1.82, 2.24) is 20.0 Å². The zero-order valence-corrected chi connectivity index (χ0v) is 19.4. The number of piperidine rings is 1. The van der Waals surface area contributed by atoms with Crippen LogP contribution in [0.25, 0.3) is 0 Å². The molecule has 1 aliphatic heterocycles. The van der Waals surface area contributed by atoms with Gasteiger partial charge in [0.05, 0.1) is 5.69 Å². The Labute approximate surface area is 180 Å². The Kier molecular flexibility index (Phi) is 10.1. The van der Waals surface area contributed by atoms with Crippen LogP contribution in [0.15, 0.2) is 11.1 Å². The smallest absolute Gasteiger partial charge is 0.217 e. The number of rotatable bonds is 7. The number of nitrogens with one attached hydrogen (secondary N) is 1. The number of nitrogens with zero attached hydrogens (tertiary/aromatic N) is 4. The SMILES string of the molecule is CCNC(=NCC(C)Cn1nc(C)cc1C)N1CCCC(CC(N)=O)C1.I. The third-order valence-corrected chi connectivity index (χ3v) is 4.78. The van der Waals surface area contributed by atoms with Gasteiger partial charge in [-0.3, -0.25) is 14.5 Å². The number of hydrogen-bond donors (Lipinski definition) is 2. The number of nitrogens with two attached hydrogens (primary N) is 1. The minimum Gasteiger partial charge on any atom is -0.370 e. The third kappa shape index (κ3) is 7.67. The molecule has 27 heavy (non-hydrogen) atoms. The highest BCUT2D eigenvalue weighted by atomic mass is 127. The molecule has 0 bridgehead atoms. The van der Waals surface area contributed by atoms with Crippen molar-refractivity contribution < 1.29 is 4.79 Å². The van der Waals surface area contributed by atoms with Gasteiger partial charge < -0.3 is 16.0 Å². The fourth-order valence-electron chi connectivity index (χ4n) is 3.59. The molecule has 1 amide bonds. The average Bonchev–Trinajstić information content (AvgIpc) is 2.88. The van der Waals surface area contributed by atoms with E-state index in [9.17, 15) is 4.79 Å². The monoisotopic (exact) mass is 490 g/mol. The molecule has 2 unspecified atom stereocenters. The summed E-state index contributed by atoms with van der Waals surface area (Å²) in [6.45, 7) is 12.7. The molecular weight excluding hydrogens is 455 g/mol. The second-order valence-corrected chi connectivity index (χ2v) is 7.53. The van der Waals surface area contributed by atoms with Crippen LogP contribution in [0.2, 0.25) is 0 Å². The Morgan fingerprint density at radius 1 is 1.48 bits per heavy atom. The maximum atomic E-state index is 11.2. The number of guanidine groups is 1. The summed E-state index contributed by atoms with van der Waals surface area (Å²) in [6.07, 6.45) is 2.60. The van der Waals surface area contributed by atoms with Gasteiger partial charge in [0, 0.05) is 44.8 Å². The van der Waals surface area contributed by atoms with Crippen LogP contribution in [0, 0.1) is 25.7 Å². The number of primary amides is 1. The first-order chi connectivity index (χ1) is 12.4. The van der Waals surface area contributed by atoms with Gasteiger partial charge in [-0.25, -0.2) is 0 Å². The van der Waals surface area contributed by atoms with Crippen LogP contribution in [-0.2, 0) is 11.3 Å². The lowest BCUT2D eigenvalue weighted by molar-refractivity contribution is -0.119. The van der Waals surface area contributed by atoms with E-state index in [4.69, 9.17) is 10.7 Å². The molecule has 0 saturated carbocycles. The molecule has 1 saturated heterocycles. The van der Waals surface area contributed by atoms with Gasteiger partial charge in [-0.2, -0.15) is 5.10 Å². The van der Waals surface area contributed by atoms with E-state index in [1.165, 1.54) is 5.69 Å². The van der Waals surface area contributed by atoms with E-state index in [1.807, 2.05) is 6.92 Å². The van der Waals surface area contributed by atoms with Crippen LogP contribution >= 0.6 is 24.0 Å². The molecule has 8 heteroatoms. The molecule has 2 heterocycles. The zero-order chi connectivity index (χ0) is 19.1. The average molecular weight is 490 g/mol. The number of carbonyl (C=O) groups is 1. The number of halogens is 1. The second kappa shape index (κ2) is 11.5. The summed E-state index contributed by atoms with van der Waals surface area (Å²) in [6, 6.07) is 2.10. The number of hydrogen-bond acceptors (Lipinski definition) is 3. The molecule has 0 spiro atoms. The summed E-state index contributed by atoms with van der Waals surface area (Å²) in [5.41, 5.74) is 7.62. The Hall–Kier alpha value is -1.32. The highest BCUT2D eigenvalue weighted by Gasteiger charge is 2.23. The molecule has 154 valence electrons. The molecule has 1 fully saturated rings. The second-order valence-electron chi connectivity index (χ2n) is 7.53. The Morgan fingerprint density at radius 2 is 2.22 bits per heavy atom. The van der Waals surface area contributed by atoms with Gasteiger partial charge in [0.1, 0.15) is 0 Å². The van der Waals surface area contributed by atoms with Crippen LogP contribution in [0.5, 0.6) is 0 Å². The molecule has 1 aromatic rings. The van der Waals surface area contributed by atoms with Crippen LogP contribution in [0.1, 0.15) is 44.5 Å². The summed E-state index contributed by atoms with van der Waals surface area (Å²) < 4.78 is 2.06. The van der Waals surface area contributed by atoms with Gasteiger partial charge in [-0.1, -0.05) is 6.92 Å². The standard InChI is InChI=1S/C19H34N6O.HI/c1-5-21-19(24-8-6-7-17(13-24)10-18(20)26)22-11-14(2)12-25-16(4)9-15(3)23-25;/h9,14,17H,5-8,10-13H2,1-4H3,(H2,20,26)(H,21,22);1H. The van der Waals surface area contributed by atoms with Gasteiger partial charge in [0.15, 0.2) is 5.96 Å². The summed E-state index contributed by atoms with van der Waals surface area (Å²) in [4.78, 5) is 18.4. The van der Waals surface area contributed by atoms with E-state index in [0.717, 1.165) is 57.2 Å². The van der Waals surface area contributed by atoms with Crippen LogP contribution in [0.3, 0.4) is 0 Å². The lowest BCUT2D eigenvalue weighted by atomic mass is 9.95. The van der Waals surface area contributed by atoms with Gasteiger partial charge in [0.2, 0.25) is 5.91 Å². The number of aliphatic imine (C=N–C) groups is 1. The van der Waals surface area contributed by atoms with E-state index in [2.05, 4.69) is 46.8 Å². The van der Waals surface area contributed by atoms with Crippen molar-refractivity contribution in [1.29, 1.82) is 0 Å².